The van der Waals surface area contributed by atoms with Crippen LogP contribution in [0.15, 0.2) is 35.1 Å². The molecule has 25 heavy (non-hydrogen) atoms. The Kier molecular flexibility index (Phi) is 5.41. The SMILES string of the molecule is CN1CCN(Nc2ncnc(Oc3ccc(Br)cc3)c2[N+](=O)[O-])CC1. The summed E-state index contributed by atoms with van der Waals surface area (Å²) in [6.07, 6.45) is 1.25. The van der Waals surface area contributed by atoms with Crippen LogP contribution in [0.1, 0.15) is 0 Å². The minimum absolute atomic E-state index is 0.0982. The van der Waals surface area contributed by atoms with Crippen molar-refractivity contribution in [3.63, 3.8) is 0 Å². The molecule has 1 aliphatic heterocycles. The van der Waals surface area contributed by atoms with Crippen LogP contribution >= 0.6 is 15.9 Å². The number of rotatable bonds is 5. The Hall–Kier alpha value is -2.30. The molecule has 0 unspecified atom stereocenters. The Labute approximate surface area is 152 Å². The van der Waals surface area contributed by atoms with E-state index in [1.165, 1.54) is 6.33 Å². The Morgan fingerprint density at radius 3 is 2.52 bits per heavy atom. The van der Waals surface area contributed by atoms with Crippen LogP contribution in [0.25, 0.3) is 0 Å². The molecule has 132 valence electrons. The Morgan fingerprint density at radius 2 is 1.88 bits per heavy atom. The molecule has 2 heterocycles. The number of nitrogens with zero attached hydrogens (tertiary/aromatic N) is 5. The summed E-state index contributed by atoms with van der Waals surface area (Å²) in [5, 5.41) is 13.5. The van der Waals surface area contributed by atoms with Crippen molar-refractivity contribution in [3.05, 3.63) is 45.2 Å². The molecular weight excluding hydrogens is 392 g/mol. The fraction of sp³-hybridized carbons (Fsp3) is 0.333. The van der Waals surface area contributed by atoms with E-state index >= 15 is 0 Å². The van der Waals surface area contributed by atoms with Gasteiger partial charge < -0.3 is 9.64 Å². The van der Waals surface area contributed by atoms with E-state index in [0.717, 1.165) is 30.7 Å². The third kappa shape index (κ3) is 4.41. The van der Waals surface area contributed by atoms with Gasteiger partial charge in [-0.2, -0.15) is 4.98 Å². The first-order valence-electron chi connectivity index (χ1n) is 7.66. The quantitative estimate of drug-likeness (QED) is 0.595. The number of piperazine rings is 1. The first-order chi connectivity index (χ1) is 12.0. The van der Waals surface area contributed by atoms with E-state index in [1.54, 1.807) is 24.3 Å². The van der Waals surface area contributed by atoms with Crippen molar-refractivity contribution in [3.8, 4) is 11.6 Å². The summed E-state index contributed by atoms with van der Waals surface area (Å²) in [6.45, 7) is 3.21. The molecule has 3 rings (SSSR count). The van der Waals surface area contributed by atoms with Crippen LogP contribution in [0.4, 0.5) is 11.5 Å². The molecule has 1 saturated heterocycles. The molecule has 0 atom stereocenters. The predicted octanol–water partition coefficient (Wildman–Crippen LogP) is 2.51. The number of benzene rings is 1. The van der Waals surface area contributed by atoms with Gasteiger partial charge in [-0.1, -0.05) is 15.9 Å². The maximum Gasteiger partial charge on any atom is 0.374 e. The highest BCUT2D eigenvalue weighted by Crippen LogP contribution is 2.34. The van der Waals surface area contributed by atoms with Gasteiger partial charge >= 0.3 is 11.6 Å². The Balaban J connectivity index is 1.83. The van der Waals surface area contributed by atoms with Crippen molar-refractivity contribution in [2.75, 3.05) is 38.7 Å². The summed E-state index contributed by atoms with van der Waals surface area (Å²) in [5.41, 5.74) is 2.73. The number of hydrogen-bond acceptors (Lipinski definition) is 8. The molecule has 0 amide bonds. The van der Waals surface area contributed by atoms with E-state index < -0.39 is 4.92 Å². The second-order valence-corrected chi connectivity index (χ2v) is 6.51. The number of anilines is 1. The third-order valence-corrected chi connectivity index (χ3v) is 4.30. The van der Waals surface area contributed by atoms with Gasteiger partial charge in [0.05, 0.1) is 4.92 Å². The molecule has 1 fully saturated rings. The number of nitro groups is 1. The van der Waals surface area contributed by atoms with Crippen molar-refractivity contribution in [1.82, 2.24) is 19.9 Å². The zero-order valence-electron chi connectivity index (χ0n) is 13.6. The fourth-order valence-electron chi connectivity index (χ4n) is 2.37. The largest absolute Gasteiger partial charge is 0.434 e. The lowest BCUT2D eigenvalue weighted by Crippen LogP contribution is -2.47. The molecule has 1 aliphatic rings. The van der Waals surface area contributed by atoms with Crippen LogP contribution < -0.4 is 10.2 Å². The van der Waals surface area contributed by atoms with Gasteiger partial charge in [-0.25, -0.2) is 9.99 Å². The minimum Gasteiger partial charge on any atom is -0.434 e. The highest BCUT2D eigenvalue weighted by Gasteiger charge is 2.27. The van der Waals surface area contributed by atoms with Gasteiger partial charge in [-0.15, -0.1) is 0 Å². The van der Waals surface area contributed by atoms with Crippen LogP contribution in [0, 0.1) is 10.1 Å². The zero-order valence-corrected chi connectivity index (χ0v) is 15.1. The molecule has 0 aliphatic carbocycles. The molecule has 0 saturated carbocycles. The lowest BCUT2D eigenvalue weighted by Gasteiger charge is -2.32. The number of ether oxygens (including phenoxy) is 1. The molecular formula is C15H17BrN6O3. The second kappa shape index (κ2) is 7.72. The van der Waals surface area contributed by atoms with E-state index in [9.17, 15) is 10.1 Å². The lowest BCUT2D eigenvalue weighted by atomic mass is 10.3. The van der Waals surface area contributed by atoms with E-state index in [1.807, 2.05) is 12.1 Å². The standard InChI is InChI=1S/C15H17BrN6O3/c1-20-6-8-21(9-7-20)19-14-13(22(23)24)15(18-10-17-14)25-12-4-2-11(16)3-5-12/h2-5,10H,6-9H2,1H3,(H,17,18,19). The van der Waals surface area contributed by atoms with Gasteiger partial charge in [-0.05, 0) is 31.3 Å². The summed E-state index contributed by atoms with van der Waals surface area (Å²) in [6, 6.07) is 6.96. The van der Waals surface area contributed by atoms with Gasteiger partial charge in [0.25, 0.3) is 0 Å². The monoisotopic (exact) mass is 408 g/mol. The van der Waals surface area contributed by atoms with Crippen LogP contribution in [0.2, 0.25) is 0 Å². The summed E-state index contributed by atoms with van der Waals surface area (Å²) in [7, 11) is 2.04. The fourth-order valence-corrected chi connectivity index (χ4v) is 2.63. The summed E-state index contributed by atoms with van der Waals surface area (Å²) < 4.78 is 6.48. The van der Waals surface area contributed by atoms with Crippen molar-refractivity contribution in [2.45, 2.75) is 0 Å². The Morgan fingerprint density at radius 1 is 1.20 bits per heavy atom. The molecule has 2 aromatic rings. The van der Waals surface area contributed by atoms with Crippen molar-refractivity contribution >= 4 is 27.4 Å². The highest BCUT2D eigenvalue weighted by atomic mass is 79.9. The summed E-state index contributed by atoms with van der Waals surface area (Å²) >= 11 is 3.33. The zero-order chi connectivity index (χ0) is 17.8. The lowest BCUT2D eigenvalue weighted by molar-refractivity contribution is -0.385. The molecule has 1 N–H and O–H groups in total. The molecule has 9 nitrogen and oxygen atoms in total. The smallest absolute Gasteiger partial charge is 0.374 e. The number of likely N-dealkylation sites (N-methyl/N-ethyl adjacent to an activating group) is 1. The normalized spacial score (nSPS) is 15.8. The number of nitrogens with one attached hydrogen (secondary N) is 1. The van der Waals surface area contributed by atoms with Gasteiger partial charge in [-0.3, -0.25) is 15.5 Å². The molecule has 1 aromatic heterocycles. The first kappa shape index (κ1) is 17.5. The third-order valence-electron chi connectivity index (χ3n) is 3.77. The maximum absolute atomic E-state index is 11.6. The second-order valence-electron chi connectivity index (χ2n) is 5.59. The summed E-state index contributed by atoms with van der Waals surface area (Å²) in [4.78, 5) is 21.2. The minimum atomic E-state index is -0.535. The molecule has 0 spiro atoms. The van der Waals surface area contributed by atoms with E-state index in [2.05, 4.69) is 36.2 Å². The van der Waals surface area contributed by atoms with Crippen molar-refractivity contribution < 1.29 is 9.66 Å². The van der Waals surface area contributed by atoms with E-state index in [0.29, 0.717) is 5.75 Å². The highest BCUT2D eigenvalue weighted by molar-refractivity contribution is 9.10. The average Bonchev–Trinajstić information content (AvgIpc) is 2.59. The van der Waals surface area contributed by atoms with Crippen LogP contribution in [0.5, 0.6) is 11.6 Å². The first-order valence-corrected chi connectivity index (χ1v) is 8.45. The van der Waals surface area contributed by atoms with E-state index in [-0.39, 0.29) is 17.4 Å². The molecule has 10 heteroatoms. The van der Waals surface area contributed by atoms with Gasteiger partial charge in [0.1, 0.15) is 12.1 Å². The van der Waals surface area contributed by atoms with Crippen molar-refractivity contribution in [1.29, 1.82) is 0 Å². The van der Waals surface area contributed by atoms with Gasteiger partial charge in [0.2, 0.25) is 5.82 Å². The summed E-state index contributed by atoms with van der Waals surface area (Å²) in [5.74, 6) is 0.478. The number of halogens is 1. The van der Waals surface area contributed by atoms with Crippen molar-refractivity contribution in [2.24, 2.45) is 0 Å². The predicted molar refractivity (Wildman–Crippen MR) is 95.6 cm³/mol. The Bertz CT molecular complexity index is 749. The number of hydrogen-bond donors (Lipinski definition) is 1. The van der Waals surface area contributed by atoms with Crippen LogP contribution in [0.3, 0.4) is 0 Å². The molecule has 0 radical (unpaired) electrons. The van der Waals surface area contributed by atoms with E-state index in [4.69, 9.17) is 4.74 Å². The van der Waals surface area contributed by atoms with Crippen LogP contribution in [-0.2, 0) is 0 Å². The molecule has 1 aromatic carbocycles. The van der Waals surface area contributed by atoms with Crippen LogP contribution in [-0.4, -0.2) is 58.0 Å². The maximum atomic E-state index is 11.6. The topological polar surface area (TPSA) is 96.7 Å². The number of aromatic nitrogens is 2. The van der Waals surface area contributed by atoms with Gasteiger partial charge in [0.15, 0.2) is 0 Å². The average molecular weight is 409 g/mol. The number of hydrazine groups is 1. The van der Waals surface area contributed by atoms with Gasteiger partial charge in [0, 0.05) is 30.7 Å². The molecule has 0 bridgehead atoms.